The maximum atomic E-state index is 13.4. The zero-order valence-corrected chi connectivity index (χ0v) is 16.7. The minimum absolute atomic E-state index is 0.0245. The molecule has 0 aliphatic carbocycles. The third-order valence-electron chi connectivity index (χ3n) is 5.78. The van der Waals surface area contributed by atoms with E-state index in [1.807, 2.05) is 0 Å². The van der Waals surface area contributed by atoms with Gasteiger partial charge in [-0.15, -0.1) is 0 Å². The van der Waals surface area contributed by atoms with Gasteiger partial charge in [0.1, 0.15) is 5.60 Å². The van der Waals surface area contributed by atoms with Gasteiger partial charge in [0.2, 0.25) is 5.78 Å². The van der Waals surface area contributed by atoms with E-state index in [4.69, 9.17) is 16.3 Å². The Bertz CT molecular complexity index is 981. The summed E-state index contributed by atoms with van der Waals surface area (Å²) in [5.41, 5.74) is -3.69. The van der Waals surface area contributed by atoms with Crippen molar-refractivity contribution in [2.45, 2.75) is 38.8 Å². The van der Waals surface area contributed by atoms with Crippen LogP contribution in [-0.4, -0.2) is 22.3 Å². The summed E-state index contributed by atoms with van der Waals surface area (Å²) < 4.78 is 5.43. The van der Waals surface area contributed by atoms with Crippen LogP contribution in [0.25, 0.3) is 11.1 Å². The molecule has 1 unspecified atom stereocenters. The topological polar surface area (TPSA) is 86.5 Å². The van der Waals surface area contributed by atoms with Gasteiger partial charge >= 0.3 is 11.5 Å². The monoisotopic (exact) mass is 401 g/mol. The molecule has 0 amide bonds. The number of ether oxygens (including phenoxy) is 1. The normalized spacial score (nSPS) is 23.2. The number of halogens is 1. The predicted octanol–water partition coefficient (Wildman–Crippen LogP) is 4.41. The molecule has 1 saturated heterocycles. The number of hydrogen-bond acceptors (Lipinski definition) is 5. The molecular formula is C21H20ClNO5. The van der Waals surface area contributed by atoms with Crippen LogP contribution < -0.4 is 0 Å². The number of nitro groups is 1. The highest BCUT2D eigenvalue weighted by molar-refractivity contribution is 6.30. The standard InChI is InChI=1S/C21H20ClNO5/c1-19(2)17(24)21(23(26)27,18(25)28-20(19,3)4)15-7-5-6-14(12-15)13-8-10-16(22)11-9-13/h5-12H,1-4H3. The Hall–Kier alpha value is -2.73. The number of hydrogen-bond donors (Lipinski definition) is 0. The van der Waals surface area contributed by atoms with Crippen molar-refractivity contribution in [3.05, 3.63) is 69.2 Å². The van der Waals surface area contributed by atoms with Crippen LogP contribution in [0.5, 0.6) is 0 Å². The Morgan fingerprint density at radius 3 is 2.14 bits per heavy atom. The first kappa shape index (κ1) is 20.0. The number of ketones is 1. The second-order valence-corrected chi connectivity index (χ2v) is 8.35. The summed E-state index contributed by atoms with van der Waals surface area (Å²) in [6, 6.07) is 13.1. The van der Waals surface area contributed by atoms with Crippen LogP contribution in [0, 0.1) is 15.5 Å². The van der Waals surface area contributed by atoms with Crippen molar-refractivity contribution in [3.63, 3.8) is 0 Å². The van der Waals surface area contributed by atoms with Gasteiger partial charge in [-0.2, -0.15) is 0 Å². The molecule has 146 valence electrons. The molecule has 0 radical (unpaired) electrons. The van der Waals surface area contributed by atoms with Crippen molar-refractivity contribution in [3.8, 4) is 11.1 Å². The second-order valence-electron chi connectivity index (χ2n) is 7.91. The molecule has 3 rings (SSSR count). The fraction of sp³-hybridized carbons (Fsp3) is 0.333. The van der Waals surface area contributed by atoms with Gasteiger partial charge in [-0.1, -0.05) is 41.9 Å². The van der Waals surface area contributed by atoms with Crippen molar-refractivity contribution in [2.24, 2.45) is 5.41 Å². The lowest BCUT2D eigenvalue weighted by molar-refractivity contribution is -0.551. The number of esters is 1. The van der Waals surface area contributed by atoms with E-state index in [0.29, 0.717) is 10.6 Å². The van der Waals surface area contributed by atoms with Gasteiger partial charge in [0.25, 0.3) is 0 Å². The van der Waals surface area contributed by atoms with Crippen LogP contribution in [0.15, 0.2) is 48.5 Å². The largest absolute Gasteiger partial charge is 0.453 e. The second kappa shape index (κ2) is 6.41. The fourth-order valence-electron chi connectivity index (χ4n) is 3.33. The molecule has 0 bridgehead atoms. The van der Waals surface area contributed by atoms with Gasteiger partial charge in [0, 0.05) is 10.6 Å². The molecule has 0 saturated carbocycles. The third kappa shape index (κ3) is 2.71. The van der Waals surface area contributed by atoms with Crippen molar-refractivity contribution < 1.29 is 19.2 Å². The molecule has 2 aromatic carbocycles. The van der Waals surface area contributed by atoms with E-state index in [1.54, 1.807) is 64.1 Å². The van der Waals surface area contributed by atoms with E-state index in [0.717, 1.165) is 5.56 Å². The number of carbonyl (C=O) groups excluding carboxylic acids is 2. The molecule has 1 heterocycles. The first-order chi connectivity index (χ1) is 12.9. The number of rotatable bonds is 3. The van der Waals surface area contributed by atoms with E-state index < -0.39 is 33.2 Å². The van der Waals surface area contributed by atoms with Crippen molar-refractivity contribution in [2.75, 3.05) is 0 Å². The van der Waals surface area contributed by atoms with Gasteiger partial charge in [-0.05, 0) is 57.0 Å². The smallest absolute Gasteiger partial charge is 0.399 e. The molecule has 0 aromatic heterocycles. The van der Waals surface area contributed by atoms with Crippen LogP contribution >= 0.6 is 11.6 Å². The zero-order chi connectivity index (χ0) is 20.9. The summed E-state index contributed by atoms with van der Waals surface area (Å²) in [6.07, 6.45) is 0. The highest BCUT2D eigenvalue weighted by Crippen LogP contribution is 2.48. The highest BCUT2D eigenvalue weighted by atomic mass is 35.5. The molecule has 1 fully saturated rings. The third-order valence-corrected chi connectivity index (χ3v) is 6.03. The molecule has 28 heavy (non-hydrogen) atoms. The average molecular weight is 402 g/mol. The first-order valence-corrected chi connectivity index (χ1v) is 9.11. The van der Waals surface area contributed by atoms with E-state index in [2.05, 4.69) is 0 Å². The minimum atomic E-state index is -2.61. The number of benzene rings is 2. The molecular weight excluding hydrogens is 382 g/mol. The van der Waals surface area contributed by atoms with Crippen LogP contribution in [0.1, 0.15) is 33.3 Å². The SMILES string of the molecule is CC1(C)OC(=O)C(c2cccc(-c3ccc(Cl)cc3)c2)([N+](=O)[O-])C(=O)C1(C)C. The lowest BCUT2D eigenvalue weighted by Crippen LogP contribution is -2.67. The molecule has 7 heteroatoms. The maximum Gasteiger partial charge on any atom is 0.399 e. The van der Waals surface area contributed by atoms with E-state index in [-0.39, 0.29) is 5.56 Å². The molecule has 1 aliphatic rings. The predicted molar refractivity (Wildman–Crippen MR) is 105 cm³/mol. The highest BCUT2D eigenvalue weighted by Gasteiger charge is 2.72. The van der Waals surface area contributed by atoms with Gasteiger partial charge in [0.15, 0.2) is 0 Å². The summed E-state index contributed by atoms with van der Waals surface area (Å²) in [5, 5.41) is 12.7. The number of Topliss-reactive ketones (excluding diaryl/α,β-unsaturated/α-hetero) is 1. The average Bonchev–Trinajstić information content (AvgIpc) is 2.61. The minimum Gasteiger partial charge on any atom is -0.453 e. The molecule has 0 N–H and O–H groups in total. The summed E-state index contributed by atoms with van der Waals surface area (Å²) in [7, 11) is 0. The summed E-state index contributed by atoms with van der Waals surface area (Å²) in [6.45, 7) is 6.28. The molecule has 1 atom stereocenters. The lowest BCUT2D eigenvalue weighted by atomic mass is 9.63. The van der Waals surface area contributed by atoms with Gasteiger partial charge in [0.05, 0.1) is 10.3 Å². The quantitative estimate of drug-likeness (QED) is 0.329. The Labute approximate surface area is 167 Å². The molecule has 0 spiro atoms. The fourth-order valence-corrected chi connectivity index (χ4v) is 3.46. The number of carbonyl (C=O) groups is 2. The number of cyclic esters (lactones) is 1. The van der Waals surface area contributed by atoms with E-state index in [1.165, 1.54) is 12.1 Å². The Morgan fingerprint density at radius 2 is 1.57 bits per heavy atom. The summed E-state index contributed by atoms with van der Waals surface area (Å²) >= 11 is 5.92. The van der Waals surface area contributed by atoms with Crippen LogP contribution in [-0.2, 0) is 19.9 Å². The van der Waals surface area contributed by atoms with Crippen molar-refractivity contribution in [1.82, 2.24) is 0 Å². The van der Waals surface area contributed by atoms with Crippen LogP contribution in [0.4, 0.5) is 0 Å². The molecule has 1 aliphatic heterocycles. The summed E-state index contributed by atoms with van der Waals surface area (Å²) in [5.74, 6) is -1.96. The Morgan fingerprint density at radius 1 is 0.964 bits per heavy atom. The summed E-state index contributed by atoms with van der Waals surface area (Å²) in [4.78, 5) is 37.5. The van der Waals surface area contributed by atoms with Crippen molar-refractivity contribution in [1.29, 1.82) is 0 Å². The van der Waals surface area contributed by atoms with Crippen LogP contribution in [0.3, 0.4) is 0 Å². The molecule has 2 aromatic rings. The van der Waals surface area contributed by atoms with Crippen molar-refractivity contribution >= 4 is 23.4 Å². The van der Waals surface area contributed by atoms with Gasteiger partial charge in [-0.3, -0.25) is 14.9 Å². The lowest BCUT2D eigenvalue weighted by Gasteiger charge is -2.46. The van der Waals surface area contributed by atoms with E-state index >= 15 is 0 Å². The Balaban J connectivity index is 2.22. The number of nitrogens with zero attached hydrogens (tertiary/aromatic N) is 1. The van der Waals surface area contributed by atoms with Gasteiger partial charge in [-0.25, -0.2) is 4.79 Å². The molecule has 6 nitrogen and oxygen atoms in total. The Kier molecular flexibility index (Phi) is 4.58. The van der Waals surface area contributed by atoms with Gasteiger partial charge < -0.3 is 4.74 Å². The first-order valence-electron chi connectivity index (χ1n) is 8.74. The maximum absolute atomic E-state index is 13.4. The van der Waals surface area contributed by atoms with E-state index in [9.17, 15) is 19.7 Å². The zero-order valence-electron chi connectivity index (χ0n) is 16.0. The van der Waals surface area contributed by atoms with Crippen LogP contribution in [0.2, 0.25) is 5.02 Å².